The van der Waals surface area contributed by atoms with Gasteiger partial charge in [0.1, 0.15) is 0 Å². The van der Waals surface area contributed by atoms with Crippen LogP contribution in [-0.4, -0.2) is 23.9 Å². The van der Waals surface area contributed by atoms with Gasteiger partial charge in [-0.15, -0.1) is 0 Å². The zero-order chi connectivity index (χ0) is 9.57. The fourth-order valence-electron chi connectivity index (χ4n) is 2.09. The highest BCUT2D eigenvalue weighted by atomic mass is 16.5. The zero-order valence-corrected chi connectivity index (χ0v) is 8.72. The molecule has 0 aromatic heterocycles. The summed E-state index contributed by atoms with van der Waals surface area (Å²) < 4.78 is 5.25. The van der Waals surface area contributed by atoms with E-state index in [9.17, 15) is 5.11 Å². The second-order valence-electron chi connectivity index (χ2n) is 4.09. The molecular formula is C11H22O2. The SMILES string of the molecule is CCOCCCCC1(O)CCCC1. The van der Waals surface area contributed by atoms with Gasteiger partial charge in [0.25, 0.3) is 0 Å². The van der Waals surface area contributed by atoms with Crippen molar-refractivity contribution >= 4 is 0 Å². The summed E-state index contributed by atoms with van der Waals surface area (Å²) in [7, 11) is 0. The molecule has 0 radical (unpaired) electrons. The average molecular weight is 186 g/mol. The molecule has 78 valence electrons. The van der Waals surface area contributed by atoms with Crippen LogP contribution < -0.4 is 0 Å². The van der Waals surface area contributed by atoms with Gasteiger partial charge in [0.2, 0.25) is 0 Å². The van der Waals surface area contributed by atoms with E-state index < -0.39 is 0 Å². The van der Waals surface area contributed by atoms with Crippen LogP contribution in [0.2, 0.25) is 0 Å². The van der Waals surface area contributed by atoms with Gasteiger partial charge in [-0.25, -0.2) is 0 Å². The van der Waals surface area contributed by atoms with E-state index >= 15 is 0 Å². The minimum Gasteiger partial charge on any atom is -0.390 e. The first-order valence-corrected chi connectivity index (χ1v) is 5.57. The molecule has 1 saturated carbocycles. The molecule has 0 atom stereocenters. The minimum atomic E-state index is -0.313. The van der Waals surface area contributed by atoms with Gasteiger partial charge in [-0.1, -0.05) is 12.8 Å². The van der Waals surface area contributed by atoms with Crippen molar-refractivity contribution in [2.24, 2.45) is 0 Å². The molecule has 1 aliphatic carbocycles. The van der Waals surface area contributed by atoms with Crippen LogP contribution in [0.1, 0.15) is 51.9 Å². The van der Waals surface area contributed by atoms with Crippen LogP contribution in [0.3, 0.4) is 0 Å². The Hall–Kier alpha value is -0.0800. The number of hydrogen-bond acceptors (Lipinski definition) is 2. The lowest BCUT2D eigenvalue weighted by Crippen LogP contribution is -2.23. The second-order valence-corrected chi connectivity index (χ2v) is 4.09. The smallest absolute Gasteiger partial charge is 0.0647 e. The van der Waals surface area contributed by atoms with E-state index in [0.29, 0.717) is 0 Å². The van der Waals surface area contributed by atoms with Crippen LogP contribution in [0, 0.1) is 0 Å². The van der Waals surface area contributed by atoms with Gasteiger partial charge in [-0.3, -0.25) is 0 Å². The minimum absolute atomic E-state index is 0.313. The predicted octanol–water partition coefficient (Wildman–Crippen LogP) is 2.50. The van der Waals surface area contributed by atoms with Crippen molar-refractivity contribution in [1.29, 1.82) is 0 Å². The highest BCUT2D eigenvalue weighted by molar-refractivity contribution is 4.83. The van der Waals surface area contributed by atoms with Gasteiger partial charge in [0.05, 0.1) is 5.60 Å². The molecule has 0 unspecified atom stereocenters. The van der Waals surface area contributed by atoms with E-state index in [-0.39, 0.29) is 5.60 Å². The number of unbranched alkanes of at least 4 members (excludes halogenated alkanes) is 1. The van der Waals surface area contributed by atoms with Crippen molar-refractivity contribution < 1.29 is 9.84 Å². The van der Waals surface area contributed by atoms with Gasteiger partial charge in [0, 0.05) is 13.2 Å². The van der Waals surface area contributed by atoms with Crippen LogP contribution in [0.25, 0.3) is 0 Å². The predicted molar refractivity (Wildman–Crippen MR) is 53.8 cm³/mol. The van der Waals surface area contributed by atoms with Crippen molar-refractivity contribution in [2.75, 3.05) is 13.2 Å². The summed E-state index contributed by atoms with van der Waals surface area (Å²) in [6.45, 7) is 3.68. The van der Waals surface area contributed by atoms with Crippen LogP contribution >= 0.6 is 0 Å². The summed E-state index contributed by atoms with van der Waals surface area (Å²) in [6.07, 6.45) is 7.62. The van der Waals surface area contributed by atoms with Gasteiger partial charge >= 0.3 is 0 Å². The molecule has 0 aliphatic heterocycles. The molecule has 2 nitrogen and oxygen atoms in total. The lowest BCUT2D eigenvalue weighted by molar-refractivity contribution is 0.0334. The van der Waals surface area contributed by atoms with Gasteiger partial charge in [-0.2, -0.15) is 0 Å². The summed E-state index contributed by atoms with van der Waals surface area (Å²) in [4.78, 5) is 0. The summed E-state index contributed by atoms with van der Waals surface area (Å²) >= 11 is 0. The third kappa shape index (κ3) is 4.10. The normalized spacial score (nSPS) is 20.8. The molecule has 1 rings (SSSR count). The summed E-state index contributed by atoms with van der Waals surface area (Å²) in [5, 5.41) is 10.0. The van der Waals surface area contributed by atoms with E-state index in [1.54, 1.807) is 0 Å². The Morgan fingerprint density at radius 1 is 1.23 bits per heavy atom. The van der Waals surface area contributed by atoms with Crippen LogP contribution in [0.5, 0.6) is 0 Å². The topological polar surface area (TPSA) is 29.5 Å². The Morgan fingerprint density at radius 3 is 2.54 bits per heavy atom. The summed E-state index contributed by atoms with van der Waals surface area (Å²) in [5.74, 6) is 0. The maximum Gasteiger partial charge on any atom is 0.0647 e. The maximum absolute atomic E-state index is 10.0. The highest BCUT2D eigenvalue weighted by Crippen LogP contribution is 2.33. The van der Waals surface area contributed by atoms with Crippen molar-refractivity contribution in [1.82, 2.24) is 0 Å². The Kier molecular flexibility index (Phi) is 4.74. The van der Waals surface area contributed by atoms with E-state index in [4.69, 9.17) is 4.74 Å². The van der Waals surface area contributed by atoms with E-state index in [1.165, 1.54) is 12.8 Å². The quantitative estimate of drug-likeness (QED) is 0.646. The van der Waals surface area contributed by atoms with Crippen molar-refractivity contribution in [3.05, 3.63) is 0 Å². The first kappa shape index (κ1) is 11.0. The molecule has 1 N–H and O–H groups in total. The number of ether oxygens (including phenoxy) is 1. The average Bonchev–Trinajstić information content (AvgIpc) is 2.53. The lowest BCUT2D eigenvalue weighted by Gasteiger charge is -2.21. The molecule has 0 aromatic rings. The molecule has 0 heterocycles. The molecule has 2 heteroatoms. The Morgan fingerprint density at radius 2 is 1.92 bits per heavy atom. The molecule has 13 heavy (non-hydrogen) atoms. The fraction of sp³-hybridized carbons (Fsp3) is 1.00. The number of aliphatic hydroxyl groups is 1. The molecule has 0 aromatic carbocycles. The van der Waals surface area contributed by atoms with Gasteiger partial charge in [0.15, 0.2) is 0 Å². The first-order valence-electron chi connectivity index (χ1n) is 5.57. The van der Waals surface area contributed by atoms with Gasteiger partial charge in [-0.05, 0) is 39.0 Å². The second kappa shape index (κ2) is 5.61. The molecule has 0 bridgehead atoms. The van der Waals surface area contributed by atoms with Crippen molar-refractivity contribution in [3.63, 3.8) is 0 Å². The number of rotatable bonds is 6. The molecule has 0 saturated heterocycles. The molecule has 0 amide bonds. The third-order valence-corrected chi connectivity index (χ3v) is 2.92. The van der Waals surface area contributed by atoms with Crippen LogP contribution in [0.15, 0.2) is 0 Å². The number of hydrogen-bond donors (Lipinski definition) is 1. The Bertz CT molecular complexity index is 128. The maximum atomic E-state index is 10.0. The summed E-state index contributed by atoms with van der Waals surface area (Å²) in [5.41, 5.74) is -0.313. The summed E-state index contributed by atoms with van der Waals surface area (Å²) in [6, 6.07) is 0. The van der Waals surface area contributed by atoms with Crippen LogP contribution in [0.4, 0.5) is 0 Å². The highest BCUT2D eigenvalue weighted by Gasteiger charge is 2.29. The molecule has 1 fully saturated rings. The first-order chi connectivity index (χ1) is 6.27. The van der Waals surface area contributed by atoms with Crippen molar-refractivity contribution in [2.45, 2.75) is 57.5 Å². The molecular weight excluding hydrogens is 164 g/mol. The fourth-order valence-corrected chi connectivity index (χ4v) is 2.09. The zero-order valence-electron chi connectivity index (χ0n) is 8.72. The van der Waals surface area contributed by atoms with Crippen molar-refractivity contribution in [3.8, 4) is 0 Å². The third-order valence-electron chi connectivity index (χ3n) is 2.92. The van der Waals surface area contributed by atoms with Gasteiger partial charge < -0.3 is 9.84 Å². The van der Waals surface area contributed by atoms with E-state index in [0.717, 1.165) is 45.3 Å². The Balaban J connectivity index is 1.98. The standard InChI is InChI=1S/C11H22O2/c1-2-13-10-6-5-9-11(12)7-3-4-8-11/h12H,2-10H2,1H3. The van der Waals surface area contributed by atoms with Crippen LogP contribution in [-0.2, 0) is 4.74 Å². The largest absolute Gasteiger partial charge is 0.390 e. The van der Waals surface area contributed by atoms with E-state index in [1.807, 2.05) is 6.92 Å². The Labute approximate surface area is 81.3 Å². The molecule has 0 spiro atoms. The monoisotopic (exact) mass is 186 g/mol. The van der Waals surface area contributed by atoms with E-state index in [2.05, 4.69) is 0 Å². The molecule has 1 aliphatic rings. The lowest BCUT2D eigenvalue weighted by atomic mass is 9.95.